The Morgan fingerprint density at radius 2 is 2.31 bits per heavy atom. The summed E-state index contributed by atoms with van der Waals surface area (Å²) in [7, 11) is 0. The molecule has 2 fully saturated rings. The zero-order valence-electron chi connectivity index (χ0n) is 8.89. The van der Waals surface area contributed by atoms with Crippen molar-refractivity contribution in [1.82, 2.24) is 0 Å². The molecule has 2 bridgehead atoms. The average molecular weight is 222 g/mol. The van der Waals surface area contributed by atoms with E-state index in [1.807, 2.05) is 6.08 Å². The van der Waals surface area contributed by atoms with Gasteiger partial charge >= 0.3 is 11.9 Å². The molecule has 0 radical (unpaired) electrons. The zero-order chi connectivity index (χ0) is 11.3. The van der Waals surface area contributed by atoms with Crippen molar-refractivity contribution in [3.8, 4) is 0 Å². The minimum atomic E-state index is -0.707. The first-order valence-corrected chi connectivity index (χ1v) is 5.68. The Labute approximate surface area is 93.3 Å². The Morgan fingerprint density at radius 3 is 2.88 bits per heavy atom. The van der Waals surface area contributed by atoms with Crippen LogP contribution in [0.2, 0.25) is 0 Å². The summed E-state index contributed by atoms with van der Waals surface area (Å²) in [5.74, 6) is -0.768. The van der Waals surface area contributed by atoms with Gasteiger partial charge in [-0.1, -0.05) is 12.2 Å². The van der Waals surface area contributed by atoms with E-state index >= 15 is 0 Å². The molecule has 3 rings (SSSR count). The molecule has 86 valence electrons. The van der Waals surface area contributed by atoms with Gasteiger partial charge in [-0.05, 0) is 24.2 Å². The number of ether oxygens (including phenoxy) is 1. The van der Waals surface area contributed by atoms with Gasteiger partial charge in [0, 0.05) is 5.92 Å². The third-order valence-corrected chi connectivity index (χ3v) is 4.40. The molecule has 0 aromatic carbocycles. The molecule has 1 saturated heterocycles. The number of carboxylic acid groups (broad SMARTS) is 1. The first kappa shape index (κ1) is 9.87. The van der Waals surface area contributed by atoms with Crippen LogP contribution >= 0.6 is 0 Å². The maximum atomic E-state index is 11.1. The molecule has 16 heavy (non-hydrogen) atoms. The Bertz CT molecular complexity index is 386. The zero-order valence-corrected chi connectivity index (χ0v) is 8.89. The summed E-state index contributed by atoms with van der Waals surface area (Å²) in [4.78, 5) is 22.2. The predicted octanol–water partition coefficient (Wildman–Crippen LogP) is 1.22. The standard InChI is InChI=1S/C12H14O4/c13-10-3-8(6-16-10)12-2-1-7(4-12)9(5-12)11(14)15/h1-2,7-9H,3-6H2,(H,14,15). The summed E-state index contributed by atoms with van der Waals surface area (Å²) in [6.45, 7) is 0.461. The number of carbonyl (C=O) groups excluding carboxylic acids is 1. The second-order valence-corrected chi connectivity index (χ2v) is 5.19. The van der Waals surface area contributed by atoms with Crippen LogP contribution in [0.4, 0.5) is 0 Å². The molecule has 4 atom stereocenters. The lowest BCUT2D eigenvalue weighted by Gasteiger charge is -2.29. The number of fused-ring (bicyclic) bond motifs is 2. The highest BCUT2D eigenvalue weighted by Crippen LogP contribution is 2.58. The second kappa shape index (κ2) is 3.09. The van der Waals surface area contributed by atoms with Gasteiger partial charge in [-0.15, -0.1) is 0 Å². The van der Waals surface area contributed by atoms with Crippen molar-refractivity contribution in [1.29, 1.82) is 0 Å². The van der Waals surface area contributed by atoms with E-state index in [2.05, 4.69) is 6.08 Å². The number of allylic oxidation sites excluding steroid dienone is 2. The highest BCUT2D eigenvalue weighted by Gasteiger charge is 2.55. The first-order chi connectivity index (χ1) is 7.61. The van der Waals surface area contributed by atoms with Gasteiger partial charge in [0.05, 0.1) is 18.9 Å². The molecule has 1 heterocycles. The molecule has 3 aliphatic rings. The van der Waals surface area contributed by atoms with Crippen molar-refractivity contribution in [2.45, 2.75) is 19.3 Å². The van der Waals surface area contributed by atoms with Gasteiger partial charge in [0.25, 0.3) is 0 Å². The van der Waals surface area contributed by atoms with Crippen LogP contribution in [-0.4, -0.2) is 23.7 Å². The van der Waals surface area contributed by atoms with Gasteiger partial charge in [-0.25, -0.2) is 0 Å². The Kier molecular flexibility index (Phi) is 1.91. The van der Waals surface area contributed by atoms with Crippen molar-refractivity contribution in [3.63, 3.8) is 0 Å². The molecule has 1 aliphatic heterocycles. The summed E-state index contributed by atoms with van der Waals surface area (Å²) in [5, 5.41) is 9.11. The topological polar surface area (TPSA) is 63.6 Å². The molecule has 1 saturated carbocycles. The number of esters is 1. The Hall–Kier alpha value is -1.32. The summed E-state index contributed by atoms with van der Waals surface area (Å²) in [6.07, 6.45) is 6.15. The van der Waals surface area contributed by atoms with E-state index in [9.17, 15) is 9.59 Å². The average Bonchev–Trinajstić information content (AvgIpc) is 2.90. The number of hydrogen-bond acceptors (Lipinski definition) is 3. The van der Waals surface area contributed by atoms with Gasteiger partial charge in [-0.3, -0.25) is 9.59 Å². The van der Waals surface area contributed by atoms with Crippen LogP contribution in [0.15, 0.2) is 12.2 Å². The van der Waals surface area contributed by atoms with E-state index in [1.54, 1.807) is 0 Å². The van der Waals surface area contributed by atoms with Crippen molar-refractivity contribution in [3.05, 3.63) is 12.2 Å². The molecular formula is C12H14O4. The van der Waals surface area contributed by atoms with Crippen LogP contribution in [0.3, 0.4) is 0 Å². The number of carbonyl (C=O) groups is 2. The molecule has 0 spiro atoms. The molecule has 4 heteroatoms. The van der Waals surface area contributed by atoms with Crippen LogP contribution < -0.4 is 0 Å². The second-order valence-electron chi connectivity index (χ2n) is 5.19. The molecule has 4 nitrogen and oxygen atoms in total. The number of cyclic esters (lactones) is 1. The van der Waals surface area contributed by atoms with Gasteiger partial charge in [0.1, 0.15) is 0 Å². The lowest BCUT2D eigenvalue weighted by atomic mass is 9.73. The van der Waals surface area contributed by atoms with E-state index in [1.165, 1.54) is 0 Å². The van der Waals surface area contributed by atoms with E-state index in [-0.39, 0.29) is 29.1 Å². The van der Waals surface area contributed by atoms with Crippen LogP contribution in [0, 0.1) is 23.2 Å². The highest BCUT2D eigenvalue weighted by atomic mass is 16.5. The van der Waals surface area contributed by atoms with Crippen molar-refractivity contribution in [2.75, 3.05) is 6.61 Å². The van der Waals surface area contributed by atoms with Gasteiger partial charge in [-0.2, -0.15) is 0 Å². The highest BCUT2D eigenvalue weighted by molar-refractivity contribution is 5.73. The summed E-state index contributed by atoms with van der Waals surface area (Å²) >= 11 is 0. The summed E-state index contributed by atoms with van der Waals surface area (Å²) in [5.41, 5.74) is -0.0834. The lowest BCUT2D eigenvalue weighted by molar-refractivity contribution is -0.143. The third-order valence-electron chi connectivity index (χ3n) is 4.40. The van der Waals surface area contributed by atoms with Crippen LogP contribution in [0.5, 0.6) is 0 Å². The number of rotatable bonds is 2. The Balaban J connectivity index is 1.83. The minimum absolute atomic E-state index is 0.0834. The largest absolute Gasteiger partial charge is 0.481 e. The monoisotopic (exact) mass is 222 g/mol. The van der Waals surface area contributed by atoms with E-state index in [0.717, 1.165) is 6.42 Å². The molecule has 1 N–H and O–H groups in total. The fraction of sp³-hybridized carbons (Fsp3) is 0.667. The van der Waals surface area contributed by atoms with Crippen molar-refractivity contribution in [2.24, 2.45) is 23.2 Å². The third kappa shape index (κ3) is 1.22. The normalized spacial score (nSPS) is 45.0. The maximum absolute atomic E-state index is 11.1. The van der Waals surface area contributed by atoms with Gasteiger partial charge in [0.15, 0.2) is 0 Å². The SMILES string of the molecule is O=C1CC(C23C=CC(C2)C(C(=O)O)C3)CO1. The van der Waals surface area contributed by atoms with Crippen LogP contribution in [0.1, 0.15) is 19.3 Å². The van der Waals surface area contributed by atoms with Crippen LogP contribution in [0.25, 0.3) is 0 Å². The quantitative estimate of drug-likeness (QED) is 0.563. The molecular weight excluding hydrogens is 208 g/mol. The maximum Gasteiger partial charge on any atom is 0.307 e. The van der Waals surface area contributed by atoms with Crippen molar-refractivity contribution < 1.29 is 19.4 Å². The fourth-order valence-electron chi connectivity index (χ4n) is 3.50. The molecule has 0 aromatic heterocycles. The Morgan fingerprint density at radius 1 is 1.50 bits per heavy atom. The number of aliphatic carboxylic acids is 1. The smallest absolute Gasteiger partial charge is 0.307 e. The lowest BCUT2D eigenvalue weighted by Crippen LogP contribution is -2.27. The van der Waals surface area contributed by atoms with Gasteiger partial charge in [0.2, 0.25) is 0 Å². The van der Waals surface area contributed by atoms with E-state index < -0.39 is 5.97 Å². The predicted molar refractivity (Wildman–Crippen MR) is 54.5 cm³/mol. The number of carboxylic acids is 1. The van der Waals surface area contributed by atoms with E-state index in [4.69, 9.17) is 9.84 Å². The summed E-state index contributed by atoms with van der Waals surface area (Å²) < 4.78 is 5.00. The fourth-order valence-corrected chi connectivity index (χ4v) is 3.50. The van der Waals surface area contributed by atoms with Crippen LogP contribution in [-0.2, 0) is 14.3 Å². The molecule has 4 unspecified atom stereocenters. The molecule has 2 aliphatic carbocycles. The van der Waals surface area contributed by atoms with Gasteiger partial charge < -0.3 is 9.84 Å². The summed E-state index contributed by atoms with van der Waals surface area (Å²) in [6, 6.07) is 0. The minimum Gasteiger partial charge on any atom is -0.481 e. The first-order valence-electron chi connectivity index (χ1n) is 5.68. The van der Waals surface area contributed by atoms with Crippen molar-refractivity contribution >= 4 is 11.9 Å². The van der Waals surface area contributed by atoms with E-state index in [0.29, 0.717) is 19.4 Å². The molecule has 0 aromatic rings. The number of hydrogen-bond donors (Lipinski definition) is 1. The molecule has 0 amide bonds.